The normalized spacial score (nSPS) is 13.9. The maximum Gasteiger partial charge on any atom is 0.434 e. The Kier molecular flexibility index (Phi) is 5.88. The summed E-state index contributed by atoms with van der Waals surface area (Å²) in [5, 5.41) is 5.40. The van der Waals surface area contributed by atoms with Gasteiger partial charge in [-0.3, -0.25) is 0 Å². The first kappa shape index (κ1) is 21.2. The predicted molar refractivity (Wildman–Crippen MR) is 99.2 cm³/mol. The Bertz CT molecular complexity index is 1040. The second-order valence-corrected chi connectivity index (χ2v) is 8.05. The van der Waals surface area contributed by atoms with Crippen LogP contribution in [-0.2, 0) is 16.2 Å². The van der Waals surface area contributed by atoms with Crippen molar-refractivity contribution >= 4 is 27.3 Å². The minimum atomic E-state index is -4.64. The van der Waals surface area contributed by atoms with E-state index in [1.54, 1.807) is 19.1 Å². The first-order chi connectivity index (χ1) is 12.3. The average Bonchev–Trinajstić information content (AvgIpc) is 2.99. The number of hydrogen-bond donors (Lipinski definition) is 1. The molecule has 10 heteroatoms. The topological polar surface area (TPSA) is 78.0 Å². The minimum Gasteiger partial charge on any atom is -0.303 e. The SMILES string of the molecule is C/C(=C\C=C(/C)S(N)(=O)=O)n1cc(C(F)(F)F)nc1-c1ccc(C)c(Cl)c1. The number of sulfonamides is 1. The summed E-state index contributed by atoms with van der Waals surface area (Å²) in [5.74, 6) is 0.0274. The van der Waals surface area contributed by atoms with E-state index in [1.165, 1.54) is 36.6 Å². The summed E-state index contributed by atoms with van der Waals surface area (Å²) in [7, 11) is -3.88. The van der Waals surface area contributed by atoms with Crippen LogP contribution in [0.5, 0.6) is 0 Å². The second kappa shape index (κ2) is 7.49. The number of rotatable bonds is 4. The monoisotopic (exact) mass is 419 g/mol. The Morgan fingerprint density at radius 3 is 2.41 bits per heavy atom. The standard InChI is InChI=1S/C17H17ClF3N3O2S/c1-10-4-7-13(8-14(10)18)16-23-15(17(19,20)21)9-24(16)11(2)5-6-12(3)27(22,25)26/h4-9H,1-3H3,(H2,22,25,26)/b11-5+,12-6+. The molecule has 2 aromatic rings. The zero-order chi connectivity index (χ0) is 20.6. The van der Waals surface area contributed by atoms with Crippen molar-refractivity contribution in [3.63, 3.8) is 0 Å². The second-order valence-electron chi connectivity index (χ2n) is 5.91. The molecule has 5 nitrogen and oxygen atoms in total. The molecule has 1 heterocycles. The van der Waals surface area contributed by atoms with Crippen molar-refractivity contribution in [1.82, 2.24) is 9.55 Å². The first-order valence-electron chi connectivity index (χ1n) is 7.62. The van der Waals surface area contributed by atoms with E-state index in [2.05, 4.69) is 4.98 Å². The van der Waals surface area contributed by atoms with Gasteiger partial charge in [0.25, 0.3) is 0 Å². The molecule has 0 bridgehead atoms. The van der Waals surface area contributed by atoms with Crippen molar-refractivity contribution < 1.29 is 21.6 Å². The van der Waals surface area contributed by atoms with E-state index in [1.807, 2.05) is 0 Å². The molecule has 2 N–H and O–H groups in total. The molecule has 1 aromatic heterocycles. The number of benzene rings is 1. The number of aromatic nitrogens is 2. The fraction of sp³-hybridized carbons (Fsp3) is 0.235. The molecule has 146 valence electrons. The Labute approximate surface area is 160 Å². The molecule has 0 saturated heterocycles. The molecule has 0 aliphatic heterocycles. The summed E-state index contributed by atoms with van der Waals surface area (Å²) in [6, 6.07) is 4.81. The predicted octanol–water partition coefficient (Wildman–Crippen LogP) is 4.58. The van der Waals surface area contributed by atoms with Gasteiger partial charge in [-0.15, -0.1) is 0 Å². The van der Waals surface area contributed by atoms with Gasteiger partial charge in [-0.1, -0.05) is 23.7 Å². The van der Waals surface area contributed by atoms with E-state index in [4.69, 9.17) is 16.7 Å². The van der Waals surface area contributed by atoms with Gasteiger partial charge in [0, 0.05) is 22.5 Å². The van der Waals surface area contributed by atoms with E-state index in [-0.39, 0.29) is 10.7 Å². The number of halogens is 4. The van der Waals surface area contributed by atoms with E-state index >= 15 is 0 Å². The molecule has 0 amide bonds. The zero-order valence-electron chi connectivity index (χ0n) is 14.7. The van der Waals surface area contributed by atoms with Crippen LogP contribution in [0, 0.1) is 6.92 Å². The van der Waals surface area contributed by atoms with Gasteiger partial charge >= 0.3 is 6.18 Å². The van der Waals surface area contributed by atoms with Gasteiger partial charge in [-0.25, -0.2) is 18.5 Å². The lowest BCUT2D eigenvalue weighted by atomic mass is 10.1. The largest absolute Gasteiger partial charge is 0.434 e. The maximum absolute atomic E-state index is 13.1. The summed E-state index contributed by atoms with van der Waals surface area (Å²) in [4.78, 5) is 3.57. The van der Waals surface area contributed by atoms with Crippen molar-refractivity contribution in [2.45, 2.75) is 26.9 Å². The third kappa shape index (κ3) is 5.00. The van der Waals surface area contributed by atoms with Gasteiger partial charge in [0.05, 0.1) is 4.91 Å². The molecule has 27 heavy (non-hydrogen) atoms. The van der Waals surface area contributed by atoms with Crippen LogP contribution >= 0.6 is 11.6 Å². The fourth-order valence-electron chi connectivity index (χ4n) is 2.13. The number of allylic oxidation sites excluding steroid dienone is 4. The Morgan fingerprint density at radius 1 is 1.26 bits per heavy atom. The molecule has 0 radical (unpaired) electrons. The third-order valence-electron chi connectivity index (χ3n) is 3.81. The van der Waals surface area contributed by atoms with Gasteiger partial charge < -0.3 is 4.57 Å². The quantitative estimate of drug-likeness (QED) is 0.736. The third-order valence-corrected chi connectivity index (χ3v) is 5.26. The van der Waals surface area contributed by atoms with Gasteiger partial charge in [0.15, 0.2) is 5.69 Å². The molecule has 0 unspecified atom stereocenters. The van der Waals surface area contributed by atoms with Crippen LogP contribution in [0.15, 0.2) is 41.5 Å². The van der Waals surface area contributed by atoms with Crippen LogP contribution in [0.25, 0.3) is 17.1 Å². The van der Waals surface area contributed by atoms with Crippen LogP contribution in [0.4, 0.5) is 13.2 Å². The van der Waals surface area contributed by atoms with Gasteiger partial charge in [0.1, 0.15) is 5.82 Å². The number of nitrogens with zero attached hydrogens (tertiary/aromatic N) is 2. The summed E-state index contributed by atoms with van der Waals surface area (Å²) in [5.41, 5.74) is 0.399. The van der Waals surface area contributed by atoms with Crippen molar-refractivity contribution in [3.8, 4) is 11.4 Å². The maximum atomic E-state index is 13.1. The number of alkyl halides is 3. The van der Waals surface area contributed by atoms with Crippen molar-refractivity contribution in [2.24, 2.45) is 5.14 Å². The molecule has 1 aromatic carbocycles. The molecular formula is C17H17ClF3N3O2S. The number of nitrogens with two attached hydrogens (primary N) is 1. The highest BCUT2D eigenvalue weighted by Gasteiger charge is 2.35. The van der Waals surface area contributed by atoms with E-state index in [0.717, 1.165) is 11.8 Å². The summed E-state index contributed by atoms with van der Waals surface area (Å²) >= 11 is 6.08. The first-order valence-corrected chi connectivity index (χ1v) is 9.54. The number of hydrogen-bond acceptors (Lipinski definition) is 3. The molecule has 0 fully saturated rings. The molecule has 0 spiro atoms. The molecule has 0 atom stereocenters. The molecular weight excluding hydrogens is 403 g/mol. The zero-order valence-corrected chi connectivity index (χ0v) is 16.2. The summed E-state index contributed by atoms with van der Waals surface area (Å²) < 4.78 is 63.2. The van der Waals surface area contributed by atoms with Crippen LogP contribution in [0.2, 0.25) is 5.02 Å². The molecule has 0 aliphatic rings. The van der Waals surface area contributed by atoms with Crippen molar-refractivity contribution in [2.75, 3.05) is 0 Å². The highest BCUT2D eigenvalue weighted by Crippen LogP contribution is 2.33. The molecule has 0 saturated carbocycles. The van der Waals surface area contributed by atoms with Crippen molar-refractivity contribution in [3.05, 3.63) is 57.7 Å². The lowest BCUT2D eigenvalue weighted by Crippen LogP contribution is -2.12. The Balaban J connectivity index is 2.64. The number of imidazole rings is 1. The summed E-state index contributed by atoms with van der Waals surface area (Å²) in [6.45, 7) is 4.58. The Morgan fingerprint density at radius 2 is 1.89 bits per heavy atom. The van der Waals surface area contributed by atoms with Crippen molar-refractivity contribution in [1.29, 1.82) is 0 Å². The van der Waals surface area contributed by atoms with Gasteiger partial charge in [0.2, 0.25) is 10.0 Å². The van der Waals surface area contributed by atoms with Crippen LogP contribution < -0.4 is 5.14 Å². The highest BCUT2D eigenvalue weighted by molar-refractivity contribution is 7.93. The van der Waals surface area contributed by atoms with Crippen LogP contribution in [0.1, 0.15) is 25.1 Å². The highest BCUT2D eigenvalue weighted by atomic mass is 35.5. The minimum absolute atomic E-state index is 0.0274. The summed E-state index contributed by atoms with van der Waals surface area (Å²) in [6.07, 6.45) is -1.24. The van der Waals surface area contributed by atoms with E-state index in [0.29, 0.717) is 16.3 Å². The lowest BCUT2D eigenvalue weighted by molar-refractivity contribution is -0.140. The average molecular weight is 420 g/mol. The van der Waals surface area contributed by atoms with E-state index in [9.17, 15) is 21.6 Å². The van der Waals surface area contributed by atoms with Gasteiger partial charge in [-0.2, -0.15) is 13.2 Å². The van der Waals surface area contributed by atoms with Crippen LogP contribution in [-0.4, -0.2) is 18.0 Å². The van der Waals surface area contributed by atoms with E-state index < -0.39 is 21.9 Å². The Hall–Kier alpha value is -2.10. The number of aryl methyl sites for hydroxylation is 1. The lowest BCUT2D eigenvalue weighted by Gasteiger charge is -2.09. The molecule has 0 aliphatic carbocycles. The smallest absolute Gasteiger partial charge is 0.303 e. The fourth-order valence-corrected chi connectivity index (χ4v) is 2.57. The molecule has 2 rings (SSSR count). The number of primary sulfonamides is 1. The van der Waals surface area contributed by atoms with Gasteiger partial charge in [-0.05, 0) is 44.6 Å². The van der Waals surface area contributed by atoms with Crippen LogP contribution in [0.3, 0.4) is 0 Å².